The molecule has 1 aromatic rings. The first-order valence-electron chi connectivity index (χ1n) is 4.28. The highest BCUT2D eigenvalue weighted by molar-refractivity contribution is 5.02. The molecule has 1 unspecified atom stereocenters. The van der Waals surface area contributed by atoms with Gasteiger partial charge >= 0.3 is 0 Å². The van der Waals surface area contributed by atoms with Crippen molar-refractivity contribution in [1.82, 2.24) is 14.8 Å². The number of rotatable bonds is 1. The zero-order valence-corrected chi connectivity index (χ0v) is 7.59. The lowest BCUT2D eigenvalue weighted by atomic mass is 10.1. The van der Waals surface area contributed by atoms with E-state index in [1.165, 1.54) is 4.68 Å². The summed E-state index contributed by atoms with van der Waals surface area (Å²) in [4.78, 5) is 4.07. The van der Waals surface area contributed by atoms with E-state index < -0.39 is 12.0 Å². The smallest absolute Gasteiger partial charge is 0.241 e. The van der Waals surface area contributed by atoms with Gasteiger partial charge in [-0.3, -0.25) is 0 Å². The molecule has 1 atom stereocenters. The molecule has 0 N–H and O–H groups in total. The number of fused-ring (bicyclic) bond motifs is 1. The monoisotopic (exact) mass is 187 g/mol. The van der Waals surface area contributed by atoms with Crippen molar-refractivity contribution in [3.8, 4) is 0 Å². The van der Waals surface area contributed by atoms with Crippen LogP contribution in [0.3, 0.4) is 0 Å². The van der Waals surface area contributed by atoms with Crippen molar-refractivity contribution >= 4 is 0 Å². The van der Waals surface area contributed by atoms with Crippen LogP contribution < -0.4 is 0 Å². The standard InChI is InChI=1S/C8H11F2N3/c1-5-11-7-4-3-6(8(2,9)10)13(7)12-5/h6H,3-4H2,1-2H3. The van der Waals surface area contributed by atoms with Gasteiger partial charge in [0.15, 0.2) is 0 Å². The van der Waals surface area contributed by atoms with Gasteiger partial charge in [-0.25, -0.2) is 18.4 Å². The maximum atomic E-state index is 13.0. The molecule has 1 aliphatic rings. The van der Waals surface area contributed by atoms with E-state index in [0.29, 0.717) is 24.5 Å². The van der Waals surface area contributed by atoms with Crippen LogP contribution in [0.1, 0.15) is 31.0 Å². The Morgan fingerprint density at radius 3 is 2.85 bits per heavy atom. The van der Waals surface area contributed by atoms with Crippen molar-refractivity contribution in [3.63, 3.8) is 0 Å². The first-order valence-corrected chi connectivity index (χ1v) is 4.28. The molecule has 2 heterocycles. The molecule has 72 valence electrons. The van der Waals surface area contributed by atoms with Gasteiger partial charge in [0, 0.05) is 13.3 Å². The van der Waals surface area contributed by atoms with Gasteiger partial charge in [-0.2, -0.15) is 5.10 Å². The van der Waals surface area contributed by atoms with E-state index in [2.05, 4.69) is 10.1 Å². The fourth-order valence-corrected chi connectivity index (χ4v) is 1.75. The number of alkyl halides is 2. The molecule has 0 saturated heterocycles. The average molecular weight is 187 g/mol. The zero-order chi connectivity index (χ0) is 9.64. The Balaban J connectivity index is 2.37. The quantitative estimate of drug-likeness (QED) is 0.670. The molecule has 0 bridgehead atoms. The summed E-state index contributed by atoms with van der Waals surface area (Å²) < 4.78 is 27.4. The number of aromatic nitrogens is 3. The first-order chi connectivity index (χ1) is 5.98. The minimum absolute atomic E-state index is 0.444. The van der Waals surface area contributed by atoms with Crippen LogP contribution in [-0.2, 0) is 6.42 Å². The van der Waals surface area contributed by atoms with E-state index in [0.717, 1.165) is 6.92 Å². The molecule has 0 saturated carbocycles. The lowest BCUT2D eigenvalue weighted by molar-refractivity contribution is -0.0338. The molecule has 1 aliphatic heterocycles. The van der Waals surface area contributed by atoms with Crippen molar-refractivity contribution in [3.05, 3.63) is 11.6 Å². The maximum absolute atomic E-state index is 13.0. The molecule has 0 spiro atoms. The largest absolute Gasteiger partial charge is 0.267 e. The summed E-state index contributed by atoms with van der Waals surface area (Å²) in [6.07, 6.45) is 1.05. The lowest BCUT2D eigenvalue weighted by Crippen LogP contribution is -2.25. The molecule has 1 aromatic heterocycles. The third kappa shape index (κ3) is 1.32. The van der Waals surface area contributed by atoms with Crippen LogP contribution in [0.2, 0.25) is 0 Å². The second-order valence-corrected chi connectivity index (χ2v) is 3.53. The van der Waals surface area contributed by atoms with E-state index in [4.69, 9.17) is 0 Å². The predicted molar refractivity (Wildman–Crippen MR) is 42.7 cm³/mol. The molecule has 0 aliphatic carbocycles. The number of hydrogen-bond acceptors (Lipinski definition) is 2. The van der Waals surface area contributed by atoms with Crippen molar-refractivity contribution in [2.45, 2.75) is 38.7 Å². The third-order valence-corrected chi connectivity index (χ3v) is 2.33. The number of halogens is 2. The minimum Gasteiger partial charge on any atom is -0.241 e. The Morgan fingerprint density at radius 1 is 1.54 bits per heavy atom. The maximum Gasteiger partial charge on any atom is 0.267 e. The summed E-state index contributed by atoms with van der Waals surface area (Å²) in [5.41, 5.74) is 0. The Morgan fingerprint density at radius 2 is 2.23 bits per heavy atom. The van der Waals surface area contributed by atoms with E-state index in [1.54, 1.807) is 6.92 Å². The summed E-state index contributed by atoms with van der Waals surface area (Å²) in [7, 11) is 0. The Hall–Kier alpha value is -1.00. The molecule has 13 heavy (non-hydrogen) atoms. The summed E-state index contributed by atoms with van der Waals surface area (Å²) in [5.74, 6) is -1.45. The van der Waals surface area contributed by atoms with Gasteiger partial charge in [0.05, 0.1) is 0 Å². The number of nitrogens with zero attached hydrogens (tertiary/aromatic N) is 3. The minimum atomic E-state index is -2.70. The van der Waals surface area contributed by atoms with Gasteiger partial charge in [-0.15, -0.1) is 0 Å². The van der Waals surface area contributed by atoms with E-state index in [1.807, 2.05) is 0 Å². The fraction of sp³-hybridized carbons (Fsp3) is 0.750. The summed E-state index contributed by atoms with van der Waals surface area (Å²) in [6, 6.07) is -0.802. The van der Waals surface area contributed by atoms with Crippen LogP contribution in [0.15, 0.2) is 0 Å². The van der Waals surface area contributed by atoms with E-state index in [9.17, 15) is 8.78 Å². The first kappa shape index (κ1) is 8.59. The third-order valence-electron chi connectivity index (χ3n) is 2.33. The summed E-state index contributed by atoms with van der Waals surface area (Å²) >= 11 is 0. The van der Waals surface area contributed by atoms with E-state index >= 15 is 0 Å². The van der Waals surface area contributed by atoms with Gasteiger partial charge in [0.25, 0.3) is 5.92 Å². The highest BCUT2D eigenvalue weighted by Crippen LogP contribution is 2.36. The number of aryl methyl sites for hydroxylation is 2. The average Bonchev–Trinajstić information content (AvgIpc) is 2.41. The van der Waals surface area contributed by atoms with Crippen LogP contribution >= 0.6 is 0 Å². The summed E-state index contributed by atoms with van der Waals surface area (Å²) in [6.45, 7) is 2.65. The Labute approximate surface area is 74.8 Å². The number of hydrogen-bond donors (Lipinski definition) is 0. The molecule has 2 rings (SSSR count). The van der Waals surface area contributed by atoms with Gasteiger partial charge in [0.1, 0.15) is 17.7 Å². The highest BCUT2D eigenvalue weighted by Gasteiger charge is 2.41. The molecule has 0 radical (unpaired) electrons. The van der Waals surface area contributed by atoms with Crippen molar-refractivity contribution in [1.29, 1.82) is 0 Å². The molecule has 0 fully saturated rings. The molecule has 3 nitrogen and oxygen atoms in total. The Bertz CT molecular complexity index is 327. The van der Waals surface area contributed by atoms with Gasteiger partial charge in [-0.05, 0) is 13.3 Å². The van der Waals surface area contributed by atoms with Crippen LogP contribution in [0.25, 0.3) is 0 Å². The molecule has 0 amide bonds. The van der Waals surface area contributed by atoms with Crippen LogP contribution in [0, 0.1) is 6.92 Å². The zero-order valence-electron chi connectivity index (χ0n) is 7.59. The van der Waals surface area contributed by atoms with Crippen LogP contribution in [0.4, 0.5) is 8.78 Å². The molecule has 5 heteroatoms. The topological polar surface area (TPSA) is 30.7 Å². The van der Waals surface area contributed by atoms with Crippen LogP contribution in [-0.4, -0.2) is 20.7 Å². The molecular formula is C8H11F2N3. The second-order valence-electron chi connectivity index (χ2n) is 3.53. The van der Waals surface area contributed by atoms with Crippen molar-refractivity contribution in [2.75, 3.05) is 0 Å². The van der Waals surface area contributed by atoms with E-state index in [-0.39, 0.29) is 0 Å². The predicted octanol–water partition coefficient (Wildman–Crippen LogP) is 1.73. The highest BCUT2D eigenvalue weighted by atomic mass is 19.3. The normalized spacial score (nSPS) is 22.0. The van der Waals surface area contributed by atoms with Crippen molar-refractivity contribution in [2.24, 2.45) is 0 Å². The van der Waals surface area contributed by atoms with Gasteiger partial charge < -0.3 is 0 Å². The Kier molecular flexibility index (Phi) is 1.65. The lowest BCUT2D eigenvalue weighted by Gasteiger charge is -2.18. The van der Waals surface area contributed by atoms with Crippen molar-refractivity contribution < 1.29 is 8.78 Å². The van der Waals surface area contributed by atoms with Gasteiger partial charge in [0.2, 0.25) is 0 Å². The summed E-state index contributed by atoms with van der Waals surface area (Å²) in [5, 5.41) is 3.96. The fourth-order valence-electron chi connectivity index (χ4n) is 1.75. The van der Waals surface area contributed by atoms with Gasteiger partial charge in [-0.1, -0.05) is 0 Å². The van der Waals surface area contributed by atoms with Crippen LogP contribution in [0.5, 0.6) is 0 Å². The molecule has 0 aromatic carbocycles. The second kappa shape index (κ2) is 2.49. The molecular weight excluding hydrogens is 176 g/mol. The SMILES string of the molecule is Cc1nc2n(n1)C(C(C)(F)F)CC2.